The predicted octanol–water partition coefficient (Wildman–Crippen LogP) is 3.18. The van der Waals surface area contributed by atoms with E-state index in [4.69, 9.17) is 5.11 Å². The average Bonchev–Trinajstić information content (AvgIpc) is 3.18. The van der Waals surface area contributed by atoms with Crippen LogP contribution >= 0.6 is 0 Å². The number of aromatic nitrogens is 4. The van der Waals surface area contributed by atoms with Gasteiger partial charge in [-0.15, -0.1) is 0 Å². The molecule has 0 spiro atoms. The molecule has 0 saturated heterocycles. The number of hydrogen-bond donors (Lipinski definition) is 5. The van der Waals surface area contributed by atoms with Crippen molar-refractivity contribution in [1.29, 1.82) is 0 Å². The number of nitrogens with one attached hydrogen (secondary N) is 1. The molecule has 0 saturated carbocycles. The Morgan fingerprint density at radius 2 is 1.81 bits per heavy atom. The largest absolute Gasteiger partial charge is 0.481 e. The molecule has 0 unspecified atom stereocenters. The van der Waals surface area contributed by atoms with Gasteiger partial charge in [-0.05, 0) is 30.2 Å². The molecule has 12 heteroatoms. The minimum absolute atomic E-state index is 0.127. The Hall–Kier alpha value is -4.16. The summed E-state index contributed by atoms with van der Waals surface area (Å²) < 4.78 is 15.0. The highest BCUT2D eigenvalue weighted by Crippen LogP contribution is 2.31. The number of nitrogens with zero attached hydrogens (tertiary/aromatic N) is 4. The van der Waals surface area contributed by atoms with E-state index in [1.807, 2.05) is 13.8 Å². The van der Waals surface area contributed by atoms with Crippen molar-refractivity contribution in [3.8, 4) is 11.3 Å². The zero-order valence-electron chi connectivity index (χ0n) is 20.5. The smallest absolute Gasteiger partial charge is 0.356 e. The van der Waals surface area contributed by atoms with E-state index in [2.05, 4.69) is 20.4 Å². The van der Waals surface area contributed by atoms with Crippen LogP contribution < -0.4 is 5.32 Å². The van der Waals surface area contributed by atoms with Crippen molar-refractivity contribution in [2.24, 2.45) is 7.05 Å². The van der Waals surface area contributed by atoms with Crippen molar-refractivity contribution in [2.45, 2.75) is 44.8 Å². The Labute approximate surface area is 211 Å². The lowest BCUT2D eigenvalue weighted by molar-refractivity contribution is -0.139. The summed E-state index contributed by atoms with van der Waals surface area (Å²) in [5.41, 5.74) is 1.93. The maximum absolute atomic E-state index is 13.6. The molecule has 0 fully saturated rings. The first-order valence-corrected chi connectivity index (χ1v) is 11.4. The Bertz CT molecular complexity index is 1310. The van der Waals surface area contributed by atoms with E-state index in [-0.39, 0.29) is 24.0 Å². The number of aromatic carboxylic acids is 1. The molecule has 196 valence electrons. The highest BCUT2D eigenvalue weighted by atomic mass is 19.1. The SMILES string of the molecule is CC(C)c1nc(Nc2cc(C(=O)O)nn2C)nc(-c2ccc(F)cc2)c1C=C[C@@H](O)C[C@@H](O)CC(=O)O. The van der Waals surface area contributed by atoms with E-state index in [1.165, 1.54) is 29.0 Å². The monoisotopic (exact) mass is 513 g/mol. The Morgan fingerprint density at radius 3 is 2.38 bits per heavy atom. The third-order valence-electron chi connectivity index (χ3n) is 5.39. The summed E-state index contributed by atoms with van der Waals surface area (Å²) in [6.07, 6.45) is -0.0471. The number of aliphatic hydroxyl groups is 2. The number of rotatable bonds is 11. The van der Waals surface area contributed by atoms with E-state index in [0.717, 1.165) is 0 Å². The van der Waals surface area contributed by atoms with Gasteiger partial charge in [0.15, 0.2) is 5.69 Å². The fourth-order valence-corrected chi connectivity index (χ4v) is 3.63. The molecule has 2 atom stereocenters. The first kappa shape index (κ1) is 27.4. The van der Waals surface area contributed by atoms with Crippen molar-refractivity contribution in [2.75, 3.05) is 5.32 Å². The molecule has 3 rings (SSSR count). The molecule has 11 nitrogen and oxygen atoms in total. The van der Waals surface area contributed by atoms with Crippen LogP contribution in [0.3, 0.4) is 0 Å². The molecule has 0 aliphatic heterocycles. The molecule has 0 amide bonds. The molecule has 3 aromatic rings. The molecule has 37 heavy (non-hydrogen) atoms. The average molecular weight is 514 g/mol. The highest BCUT2D eigenvalue weighted by molar-refractivity contribution is 5.86. The van der Waals surface area contributed by atoms with Crippen LogP contribution in [0.15, 0.2) is 36.4 Å². The van der Waals surface area contributed by atoms with Crippen molar-refractivity contribution in [3.63, 3.8) is 0 Å². The molecule has 2 heterocycles. The van der Waals surface area contributed by atoms with Gasteiger partial charge in [-0.1, -0.05) is 26.0 Å². The Balaban J connectivity index is 2.06. The number of carboxylic acids is 2. The summed E-state index contributed by atoms with van der Waals surface area (Å²) in [5.74, 6) is -2.44. The van der Waals surface area contributed by atoms with Crippen molar-refractivity contribution >= 4 is 29.8 Å². The maximum Gasteiger partial charge on any atom is 0.356 e. The number of halogens is 1. The molecule has 0 aliphatic carbocycles. The van der Waals surface area contributed by atoms with Crippen LogP contribution in [-0.2, 0) is 11.8 Å². The second-order valence-corrected chi connectivity index (χ2v) is 8.74. The van der Waals surface area contributed by atoms with E-state index in [0.29, 0.717) is 28.3 Å². The van der Waals surface area contributed by atoms with E-state index >= 15 is 0 Å². The van der Waals surface area contributed by atoms with Gasteiger partial charge in [-0.3, -0.25) is 9.48 Å². The standard InChI is InChI=1S/C25H28FN5O6/c1-13(2)22-18(9-8-16(32)10-17(33)11-21(34)35)23(14-4-6-15(26)7-5-14)29-25(28-22)27-20-12-19(24(36)37)30-31(20)3/h4-9,12-13,16-17,32-33H,10-11H2,1-3H3,(H,34,35)(H,36,37)(H,27,28,29)/t16-,17-/m1/s1. The number of hydrogen-bond acceptors (Lipinski definition) is 8. The lowest BCUT2D eigenvalue weighted by Gasteiger charge is -2.17. The van der Waals surface area contributed by atoms with Crippen molar-refractivity contribution in [3.05, 3.63) is 59.2 Å². The van der Waals surface area contributed by atoms with E-state index in [9.17, 15) is 29.3 Å². The van der Waals surface area contributed by atoms with Gasteiger partial charge in [0.25, 0.3) is 0 Å². The van der Waals surface area contributed by atoms with Gasteiger partial charge >= 0.3 is 11.9 Å². The molecule has 2 aromatic heterocycles. The molecule has 0 radical (unpaired) electrons. The van der Waals surface area contributed by atoms with Crippen LogP contribution in [0.2, 0.25) is 0 Å². The van der Waals surface area contributed by atoms with Crippen LogP contribution in [-0.4, -0.2) is 64.3 Å². The quantitative estimate of drug-likeness (QED) is 0.256. The fraction of sp³-hybridized carbons (Fsp3) is 0.320. The Kier molecular flexibility index (Phi) is 8.69. The van der Waals surface area contributed by atoms with Gasteiger partial charge in [-0.25, -0.2) is 19.2 Å². The maximum atomic E-state index is 13.6. The number of aliphatic carboxylic acids is 1. The lowest BCUT2D eigenvalue weighted by atomic mass is 9.97. The number of carboxylic acid groups (broad SMARTS) is 2. The van der Waals surface area contributed by atoms with Gasteiger partial charge < -0.3 is 25.7 Å². The van der Waals surface area contributed by atoms with Gasteiger partial charge in [0, 0.05) is 30.7 Å². The zero-order chi connectivity index (χ0) is 27.3. The van der Waals surface area contributed by atoms with Gasteiger partial charge in [-0.2, -0.15) is 5.10 Å². The Morgan fingerprint density at radius 1 is 1.14 bits per heavy atom. The number of carbonyl (C=O) groups is 2. The third kappa shape index (κ3) is 7.18. The van der Waals surface area contributed by atoms with Crippen LogP contribution in [0.25, 0.3) is 17.3 Å². The second-order valence-electron chi connectivity index (χ2n) is 8.74. The minimum Gasteiger partial charge on any atom is -0.481 e. The summed E-state index contributed by atoms with van der Waals surface area (Å²) in [6, 6.07) is 6.99. The van der Waals surface area contributed by atoms with Crippen LogP contribution in [0.1, 0.15) is 54.4 Å². The van der Waals surface area contributed by atoms with E-state index in [1.54, 1.807) is 25.3 Å². The van der Waals surface area contributed by atoms with Gasteiger partial charge in [0.05, 0.1) is 30.0 Å². The predicted molar refractivity (Wildman–Crippen MR) is 133 cm³/mol. The number of aryl methyl sites for hydroxylation is 1. The third-order valence-corrected chi connectivity index (χ3v) is 5.39. The molecule has 1 aromatic carbocycles. The van der Waals surface area contributed by atoms with Crippen molar-refractivity contribution in [1.82, 2.24) is 19.7 Å². The normalized spacial score (nSPS) is 13.2. The molecule has 0 bridgehead atoms. The van der Waals surface area contributed by atoms with Crippen molar-refractivity contribution < 1.29 is 34.4 Å². The summed E-state index contributed by atoms with van der Waals surface area (Å²) in [7, 11) is 1.57. The molecule has 0 aliphatic rings. The summed E-state index contributed by atoms with van der Waals surface area (Å²) in [5, 5.41) is 45.1. The zero-order valence-corrected chi connectivity index (χ0v) is 20.5. The number of aliphatic hydroxyl groups excluding tert-OH is 2. The van der Waals surface area contributed by atoms with E-state index < -0.39 is 36.4 Å². The lowest BCUT2D eigenvalue weighted by Crippen LogP contribution is -2.19. The number of benzene rings is 1. The van der Waals surface area contributed by atoms with Crippen LogP contribution in [0, 0.1) is 5.82 Å². The number of anilines is 2. The molecular weight excluding hydrogens is 485 g/mol. The highest BCUT2D eigenvalue weighted by Gasteiger charge is 2.20. The fourth-order valence-electron chi connectivity index (χ4n) is 3.63. The van der Waals surface area contributed by atoms with Gasteiger partial charge in [0.1, 0.15) is 11.6 Å². The van der Waals surface area contributed by atoms with Crippen LogP contribution in [0.5, 0.6) is 0 Å². The summed E-state index contributed by atoms with van der Waals surface area (Å²) in [4.78, 5) is 31.3. The van der Waals surface area contributed by atoms with Gasteiger partial charge in [0.2, 0.25) is 5.95 Å². The first-order valence-electron chi connectivity index (χ1n) is 11.4. The summed E-state index contributed by atoms with van der Waals surface area (Å²) >= 11 is 0. The minimum atomic E-state index is -1.23. The molecular formula is C25H28FN5O6. The first-order chi connectivity index (χ1) is 17.4. The second kappa shape index (κ2) is 11.7. The topological polar surface area (TPSA) is 171 Å². The molecule has 5 N–H and O–H groups in total. The van der Waals surface area contributed by atoms with Crippen LogP contribution in [0.4, 0.5) is 16.2 Å². The summed E-state index contributed by atoms with van der Waals surface area (Å²) in [6.45, 7) is 3.80.